The van der Waals surface area contributed by atoms with Gasteiger partial charge in [-0.3, -0.25) is 9.59 Å². The lowest BCUT2D eigenvalue weighted by Crippen LogP contribution is -2.48. The fraction of sp³-hybridized carbons (Fsp3) is 0.417. The van der Waals surface area contributed by atoms with Crippen LogP contribution in [-0.2, 0) is 9.59 Å². The molecule has 0 saturated carbocycles. The van der Waals surface area contributed by atoms with Gasteiger partial charge in [-0.25, -0.2) is 0 Å². The second-order valence-corrected chi connectivity index (χ2v) is 9.10. The molecule has 0 atom stereocenters. The van der Waals surface area contributed by atoms with E-state index in [1.165, 1.54) is 0 Å². The van der Waals surface area contributed by atoms with Crippen molar-refractivity contribution in [2.75, 3.05) is 36.4 Å². The van der Waals surface area contributed by atoms with Crippen molar-refractivity contribution < 1.29 is 14.3 Å². The molecule has 2 aromatic rings. The molecule has 0 aromatic heterocycles. The van der Waals surface area contributed by atoms with Gasteiger partial charge in [0.25, 0.3) is 5.91 Å². The number of hydrogen-bond acceptors (Lipinski definition) is 4. The number of anilines is 2. The molecule has 0 aliphatic carbocycles. The monoisotopic (exact) mass is 487 g/mol. The molecule has 1 saturated heterocycles. The smallest absolute Gasteiger partial charge is 0.267 e. The molecule has 166 valence electrons. The topological polar surface area (TPSA) is 61.9 Å². The lowest BCUT2D eigenvalue weighted by molar-refractivity contribution is -0.131. The molecule has 7 heteroatoms. The highest BCUT2D eigenvalue weighted by Crippen LogP contribution is 2.24. The average molecular weight is 488 g/mol. The maximum atomic E-state index is 12.8. The number of nitrogens with one attached hydrogen (secondary N) is 1. The second kappa shape index (κ2) is 10.2. The van der Waals surface area contributed by atoms with Crippen molar-refractivity contribution >= 4 is 39.1 Å². The van der Waals surface area contributed by atoms with Crippen LogP contribution < -0.4 is 15.0 Å². The van der Waals surface area contributed by atoms with Crippen molar-refractivity contribution in [2.24, 2.45) is 0 Å². The standard InChI is InChI=1S/C24H30BrN3O3/c1-4-5-22(29)28-16-14-27(15-17-28)20-10-8-19(9-11-20)26-23(30)24(2,3)31-21-12-6-18(25)7-13-21/h6-13H,4-5,14-17H2,1-3H3,(H,26,30). The molecular formula is C24H30BrN3O3. The molecule has 2 aromatic carbocycles. The molecule has 1 aliphatic heterocycles. The molecule has 0 radical (unpaired) electrons. The van der Waals surface area contributed by atoms with Crippen LogP contribution in [0.5, 0.6) is 5.75 Å². The van der Waals surface area contributed by atoms with Gasteiger partial charge >= 0.3 is 0 Å². The number of piperazine rings is 1. The summed E-state index contributed by atoms with van der Waals surface area (Å²) in [6.45, 7) is 8.65. The first-order valence-corrected chi connectivity index (χ1v) is 11.5. The van der Waals surface area contributed by atoms with Crippen LogP contribution in [0.1, 0.15) is 33.6 Å². The molecule has 1 N–H and O–H groups in total. The summed E-state index contributed by atoms with van der Waals surface area (Å²) in [7, 11) is 0. The van der Waals surface area contributed by atoms with Gasteiger partial charge in [0.2, 0.25) is 5.91 Å². The van der Waals surface area contributed by atoms with Crippen molar-refractivity contribution in [1.82, 2.24) is 4.90 Å². The van der Waals surface area contributed by atoms with E-state index >= 15 is 0 Å². The van der Waals surface area contributed by atoms with E-state index < -0.39 is 5.60 Å². The number of rotatable bonds is 7. The summed E-state index contributed by atoms with van der Waals surface area (Å²) >= 11 is 3.39. The molecule has 0 spiro atoms. The summed E-state index contributed by atoms with van der Waals surface area (Å²) in [4.78, 5) is 29.0. The number of benzene rings is 2. The van der Waals surface area contributed by atoms with Crippen molar-refractivity contribution in [3.05, 3.63) is 53.0 Å². The van der Waals surface area contributed by atoms with Crippen molar-refractivity contribution in [3.63, 3.8) is 0 Å². The third-order valence-corrected chi connectivity index (χ3v) is 5.85. The highest BCUT2D eigenvalue weighted by Gasteiger charge is 2.30. The Bertz CT molecular complexity index is 889. The van der Waals surface area contributed by atoms with Crippen molar-refractivity contribution in [1.29, 1.82) is 0 Å². The molecule has 6 nitrogen and oxygen atoms in total. The Morgan fingerprint density at radius 3 is 2.19 bits per heavy atom. The van der Waals surface area contributed by atoms with E-state index in [1.807, 2.05) is 60.4 Å². The first kappa shape index (κ1) is 23.1. The van der Waals surface area contributed by atoms with E-state index in [9.17, 15) is 9.59 Å². The Kier molecular flexibility index (Phi) is 7.59. The zero-order valence-electron chi connectivity index (χ0n) is 18.4. The van der Waals surface area contributed by atoms with Crippen LogP contribution in [0.2, 0.25) is 0 Å². The molecule has 1 heterocycles. The number of ether oxygens (including phenoxy) is 1. The Hall–Kier alpha value is -2.54. The van der Waals surface area contributed by atoms with Crippen LogP contribution in [-0.4, -0.2) is 48.5 Å². The van der Waals surface area contributed by atoms with E-state index in [2.05, 4.69) is 26.1 Å². The van der Waals surface area contributed by atoms with E-state index in [0.29, 0.717) is 12.2 Å². The summed E-state index contributed by atoms with van der Waals surface area (Å²) in [5, 5.41) is 2.94. The normalized spacial score (nSPS) is 14.3. The molecule has 1 aliphatic rings. The van der Waals surface area contributed by atoms with Crippen molar-refractivity contribution in [3.8, 4) is 5.75 Å². The number of amides is 2. The third-order valence-electron chi connectivity index (χ3n) is 5.32. The quantitative estimate of drug-likeness (QED) is 0.614. The lowest BCUT2D eigenvalue weighted by Gasteiger charge is -2.36. The second-order valence-electron chi connectivity index (χ2n) is 8.19. The van der Waals surface area contributed by atoms with E-state index in [4.69, 9.17) is 4.74 Å². The summed E-state index contributed by atoms with van der Waals surface area (Å²) < 4.78 is 6.84. The van der Waals surface area contributed by atoms with Crippen LogP contribution in [0, 0.1) is 0 Å². The maximum Gasteiger partial charge on any atom is 0.267 e. The van der Waals surface area contributed by atoms with Gasteiger partial charge < -0.3 is 19.9 Å². The Balaban J connectivity index is 1.54. The van der Waals surface area contributed by atoms with Gasteiger partial charge in [-0.2, -0.15) is 0 Å². The Morgan fingerprint density at radius 2 is 1.61 bits per heavy atom. The minimum atomic E-state index is -1.02. The van der Waals surface area contributed by atoms with E-state index in [0.717, 1.165) is 48.4 Å². The summed E-state index contributed by atoms with van der Waals surface area (Å²) in [6.07, 6.45) is 1.51. The first-order valence-electron chi connectivity index (χ1n) is 10.7. The first-order chi connectivity index (χ1) is 14.8. The molecule has 3 rings (SSSR count). The summed E-state index contributed by atoms with van der Waals surface area (Å²) in [5.41, 5.74) is 0.789. The van der Waals surface area contributed by atoms with Gasteiger partial charge in [-0.15, -0.1) is 0 Å². The lowest BCUT2D eigenvalue weighted by atomic mass is 10.1. The molecule has 31 heavy (non-hydrogen) atoms. The molecule has 0 unspecified atom stereocenters. The van der Waals surface area contributed by atoms with Gasteiger partial charge in [-0.05, 0) is 68.8 Å². The maximum absolute atomic E-state index is 12.8. The predicted octanol–water partition coefficient (Wildman–Crippen LogP) is 4.69. The minimum Gasteiger partial charge on any atom is -0.478 e. The van der Waals surface area contributed by atoms with Gasteiger partial charge in [-0.1, -0.05) is 22.9 Å². The number of carbonyl (C=O) groups is 2. The molecular weight excluding hydrogens is 458 g/mol. The summed E-state index contributed by atoms with van der Waals surface area (Å²) in [5.74, 6) is 0.662. The number of nitrogens with zero attached hydrogens (tertiary/aromatic N) is 2. The Morgan fingerprint density at radius 1 is 1.00 bits per heavy atom. The van der Waals surface area contributed by atoms with Gasteiger partial charge in [0.15, 0.2) is 5.60 Å². The van der Waals surface area contributed by atoms with Gasteiger partial charge in [0.1, 0.15) is 5.75 Å². The van der Waals surface area contributed by atoms with Crippen LogP contribution in [0.3, 0.4) is 0 Å². The highest BCUT2D eigenvalue weighted by atomic mass is 79.9. The van der Waals surface area contributed by atoms with Crippen molar-refractivity contribution in [2.45, 2.75) is 39.2 Å². The van der Waals surface area contributed by atoms with E-state index in [-0.39, 0.29) is 11.8 Å². The van der Waals surface area contributed by atoms with Crippen LogP contribution in [0.25, 0.3) is 0 Å². The average Bonchev–Trinajstić information content (AvgIpc) is 2.76. The van der Waals surface area contributed by atoms with Crippen LogP contribution in [0.4, 0.5) is 11.4 Å². The zero-order chi connectivity index (χ0) is 22.4. The fourth-order valence-corrected chi connectivity index (χ4v) is 3.73. The molecule has 1 fully saturated rings. The van der Waals surface area contributed by atoms with Crippen LogP contribution >= 0.6 is 15.9 Å². The predicted molar refractivity (Wildman–Crippen MR) is 128 cm³/mol. The Labute approximate surface area is 192 Å². The van der Waals surface area contributed by atoms with Gasteiger partial charge in [0, 0.05) is 48.4 Å². The van der Waals surface area contributed by atoms with Gasteiger partial charge in [0.05, 0.1) is 0 Å². The summed E-state index contributed by atoms with van der Waals surface area (Å²) in [6, 6.07) is 15.2. The van der Waals surface area contributed by atoms with E-state index in [1.54, 1.807) is 13.8 Å². The minimum absolute atomic E-state index is 0.216. The van der Waals surface area contributed by atoms with Crippen LogP contribution in [0.15, 0.2) is 53.0 Å². The number of halogens is 1. The zero-order valence-corrected chi connectivity index (χ0v) is 19.9. The largest absolute Gasteiger partial charge is 0.478 e. The SMILES string of the molecule is CCCC(=O)N1CCN(c2ccc(NC(=O)C(C)(C)Oc3ccc(Br)cc3)cc2)CC1. The fourth-order valence-electron chi connectivity index (χ4n) is 3.47. The number of carbonyl (C=O) groups excluding carboxylic acids is 2. The highest BCUT2D eigenvalue weighted by molar-refractivity contribution is 9.10. The molecule has 0 bridgehead atoms. The number of hydrogen-bond donors (Lipinski definition) is 1. The molecule has 2 amide bonds. The third kappa shape index (κ3) is 6.23.